The Balaban J connectivity index is 1.77. The fraction of sp³-hybridized carbons (Fsp3) is 0.909. The number of carbonyl (C=O) groups is 1. The summed E-state index contributed by atoms with van der Waals surface area (Å²) >= 11 is 3.65. The van der Waals surface area contributed by atoms with Crippen LogP contribution >= 0.6 is 15.9 Å². The Morgan fingerprint density at radius 1 is 1.31 bits per heavy atom. The molecule has 3 unspecified atom stereocenters. The summed E-state index contributed by atoms with van der Waals surface area (Å²) in [5, 5.41) is 6.45. The predicted molar refractivity (Wildman–Crippen MR) is 65.5 cm³/mol. The van der Waals surface area contributed by atoms with Crippen LogP contribution in [0.5, 0.6) is 0 Å². The number of hydrogen-bond acceptors (Lipinski definition) is 2. The first-order chi connectivity index (χ1) is 7.75. The molecule has 3 rings (SSSR count). The van der Waals surface area contributed by atoms with Gasteiger partial charge >= 0.3 is 6.03 Å². The minimum Gasteiger partial charge on any atom is -0.321 e. The van der Waals surface area contributed by atoms with Gasteiger partial charge in [0, 0.05) is 17.4 Å². The van der Waals surface area contributed by atoms with Crippen molar-refractivity contribution in [3.8, 4) is 0 Å². The molecule has 1 aliphatic carbocycles. The van der Waals surface area contributed by atoms with Crippen molar-refractivity contribution in [1.29, 1.82) is 0 Å². The SMILES string of the molecule is O=C1NC2NCC(Br)CC2N1C1CCCC1. The van der Waals surface area contributed by atoms with Gasteiger partial charge in [0.2, 0.25) is 0 Å². The normalized spacial score (nSPS) is 39.9. The minimum absolute atomic E-state index is 0.135. The van der Waals surface area contributed by atoms with E-state index in [1.165, 1.54) is 25.7 Å². The Bertz CT molecular complexity index is 293. The third kappa shape index (κ3) is 1.74. The van der Waals surface area contributed by atoms with E-state index in [2.05, 4.69) is 31.5 Å². The van der Waals surface area contributed by atoms with Crippen LogP contribution in [-0.4, -0.2) is 40.6 Å². The summed E-state index contributed by atoms with van der Waals surface area (Å²) in [6.45, 7) is 0.944. The molecule has 2 saturated heterocycles. The van der Waals surface area contributed by atoms with E-state index in [1.807, 2.05) is 0 Å². The minimum atomic E-state index is 0.135. The molecule has 5 heteroatoms. The van der Waals surface area contributed by atoms with Crippen molar-refractivity contribution in [3.05, 3.63) is 0 Å². The number of amides is 2. The summed E-state index contributed by atoms with van der Waals surface area (Å²) in [6, 6.07) is 0.958. The molecular formula is C11H18BrN3O. The van der Waals surface area contributed by atoms with E-state index in [9.17, 15) is 4.79 Å². The number of piperidine rings is 1. The lowest BCUT2D eigenvalue weighted by Gasteiger charge is -2.36. The lowest BCUT2D eigenvalue weighted by molar-refractivity contribution is 0.156. The average molecular weight is 288 g/mol. The molecule has 0 radical (unpaired) electrons. The molecule has 0 aromatic carbocycles. The van der Waals surface area contributed by atoms with Crippen molar-refractivity contribution in [2.75, 3.05) is 6.54 Å². The van der Waals surface area contributed by atoms with Crippen LogP contribution in [0.2, 0.25) is 0 Å². The van der Waals surface area contributed by atoms with Gasteiger partial charge in [0.25, 0.3) is 0 Å². The van der Waals surface area contributed by atoms with Crippen molar-refractivity contribution in [2.24, 2.45) is 0 Å². The van der Waals surface area contributed by atoms with Crippen molar-refractivity contribution in [1.82, 2.24) is 15.5 Å². The van der Waals surface area contributed by atoms with E-state index in [4.69, 9.17) is 0 Å². The zero-order chi connectivity index (χ0) is 11.1. The summed E-state index contributed by atoms with van der Waals surface area (Å²) in [5.41, 5.74) is 0. The fourth-order valence-corrected chi connectivity index (χ4v) is 3.84. The van der Waals surface area contributed by atoms with Gasteiger partial charge in [-0.2, -0.15) is 0 Å². The highest BCUT2D eigenvalue weighted by molar-refractivity contribution is 9.09. The van der Waals surface area contributed by atoms with Gasteiger partial charge in [-0.1, -0.05) is 28.8 Å². The highest BCUT2D eigenvalue weighted by Gasteiger charge is 2.45. The topological polar surface area (TPSA) is 44.4 Å². The molecule has 3 atom stereocenters. The third-order valence-corrected chi connectivity index (χ3v) is 4.73. The second kappa shape index (κ2) is 4.18. The summed E-state index contributed by atoms with van der Waals surface area (Å²) in [6.07, 6.45) is 6.15. The summed E-state index contributed by atoms with van der Waals surface area (Å²) in [4.78, 5) is 14.6. The van der Waals surface area contributed by atoms with Crippen LogP contribution in [0.3, 0.4) is 0 Å². The van der Waals surface area contributed by atoms with Gasteiger partial charge < -0.3 is 10.2 Å². The number of alkyl halides is 1. The zero-order valence-corrected chi connectivity index (χ0v) is 10.9. The van der Waals surface area contributed by atoms with Crippen LogP contribution in [0.1, 0.15) is 32.1 Å². The summed E-state index contributed by atoms with van der Waals surface area (Å²) in [7, 11) is 0. The largest absolute Gasteiger partial charge is 0.321 e. The van der Waals surface area contributed by atoms with E-state index in [0.717, 1.165) is 13.0 Å². The second-order valence-corrected chi connectivity index (χ2v) is 6.38. The van der Waals surface area contributed by atoms with Crippen LogP contribution in [-0.2, 0) is 0 Å². The summed E-state index contributed by atoms with van der Waals surface area (Å²) < 4.78 is 0. The molecule has 2 heterocycles. The number of nitrogens with one attached hydrogen (secondary N) is 2. The van der Waals surface area contributed by atoms with E-state index in [-0.39, 0.29) is 12.2 Å². The lowest BCUT2D eigenvalue weighted by Crippen LogP contribution is -2.54. The number of fused-ring (bicyclic) bond motifs is 1. The molecule has 2 amide bonds. The number of urea groups is 1. The first-order valence-electron chi connectivity index (χ1n) is 6.22. The first-order valence-corrected chi connectivity index (χ1v) is 7.13. The standard InChI is InChI=1S/C11H18BrN3O/c12-7-5-9-10(13-6-7)14-11(16)15(9)8-3-1-2-4-8/h7-10,13H,1-6H2,(H,14,16). The first kappa shape index (κ1) is 10.8. The number of carbonyl (C=O) groups excluding carboxylic acids is 1. The van der Waals surface area contributed by atoms with Gasteiger partial charge in [0.15, 0.2) is 0 Å². The maximum atomic E-state index is 12.0. The second-order valence-electron chi connectivity index (χ2n) is 5.08. The average Bonchev–Trinajstić information content (AvgIpc) is 2.83. The zero-order valence-electron chi connectivity index (χ0n) is 9.29. The summed E-state index contributed by atoms with van der Waals surface area (Å²) in [5.74, 6) is 0. The molecule has 4 nitrogen and oxygen atoms in total. The molecule has 0 spiro atoms. The molecule has 2 N–H and O–H groups in total. The Labute approximate surface area is 104 Å². The van der Waals surface area contributed by atoms with Crippen molar-refractivity contribution in [3.63, 3.8) is 0 Å². The van der Waals surface area contributed by atoms with E-state index in [0.29, 0.717) is 16.9 Å². The van der Waals surface area contributed by atoms with E-state index in [1.54, 1.807) is 0 Å². The number of nitrogens with zero attached hydrogens (tertiary/aromatic N) is 1. The fourth-order valence-electron chi connectivity index (χ4n) is 3.27. The van der Waals surface area contributed by atoms with Gasteiger partial charge in [-0.3, -0.25) is 5.32 Å². The van der Waals surface area contributed by atoms with Crippen molar-refractivity contribution >= 4 is 22.0 Å². The van der Waals surface area contributed by atoms with Crippen molar-refractivity contribution < 1.29 is 4.79 Å². The Morgan fingerprint density at radius 2 is 2.06 bits per heavy atom. The quantitative estimate of drug-likeness (QED) is 0.716. The van der Waals surface area contributed by atoms with Crippen LogP contribution < -0.4 is 10.6 Å². The van der Waals surface area contributed by atoms with E-state index >= 15 is 0 Å². The Kier molecular flexibility index (Phi) is 2.83. The van der Waals surface area contributed by atoms with Gasteiger partial charge in [-0.15, -0.1) is 0 Å². The predicted octanol–water partition coefficient (Wildman–Crippen LogP) is 1.41. The Hall–Kier alpha value is -0.290. The smallest absolute Gasteiger partial charge is 0.319 e. The van der Waals surface area contributed by atoms with Gasteiger partial charge in [0.05, 0.1) is 6.04 Å². The molecule has 0 bridgehead atoms. The molecule has 0 aromatic rings. The monoisotopic (exact) mass is 287 g/mol. The van der Waals surface area contributed by atoms with Gasteiger partial charge in [0.1, 0.15) is 6.17 Å². The van der Waals surface area contributed by atoms with Crippen LogP contribution in [0, 0.1) is 0 Å². The highest BCUT2D eigenvalue weighted by Crippen LogP contribution is 2.32. The third-order valence-electron chi connectivity index (χ3n) is 4.03. The Morgan fingerprint density at radius 3 is 2.81 bits per heavy atom. The van der Waals surface area contributed by atoms with Gasteiger partial charge in [-0.25, -0.2) is 4.79 Å². The van der Waals surface area contributed by atoms with E-state index < -0.39 is 0 Å². The van der Waals surface area contributed by atoms with Crippen LogP contribution in [0.4, 0.5) is 4.79 Å². The maximum Gasteiger partial charge on any atom is 0.319 e. The molecule has 16 heavy (non-hydrogen) atoms. The van der Waals surface area contributed by atoms with Crippen LogP contribution in [0.25, 0.3) is 0 Å². The van der Waals surface area contributed by atoms with Gasteiger partial charge in [-0.05, 0) is 19.3 Å². The highest BCUT2D eigenvalue weighted by atomic mass is 79.9. The number of hydrogen-bond donors (Lipinski definition) is 2. The molecule has 1 saturated carbocycles. The number of rotatable bonds is 1. The molecular weight excluding hydrogens is 270 g/mol. The van der Waals surface area contributed by atoms with Crippen molar-refractivity contribution in [2.45, 2.75) is 55.2 Å². The molecule has 2 aliphatic heterocycles. The molecule has 0 aromatic heterocycles. The lowest BCUT2D eigenvalue weighted by atomic mass is 10.0. The molecule has 3 fully saturated rings. The maximum absolute atomic E-state index is 12.0. The molecule has 3 aliphatic rings. The molecule has 90 valence electrons. The number of halogens is 1. The van der Waals surface area contributed by atoms with Crippen LogP contribution in [0.15, 0.2) is 0 Å².